The Bertz CT molecular complexity index is 847. The standard InChI is InChI=1S/C20H25NO4S/c1-15-12-18(25-2)10-11-20(15)26(23,24)21(19(14-22)17-8-9-17)13-16-6-4-3-5-7-16/h3-7,10-12,17,19,22H,8-9,13-14H2,1-2H3/t19-/m1/s1. The normalized spacial score (nSPS) is 15.8. The lowest BCUT2D eigenvalue weighted by Gasteiger charge is -2.30. The fourth-order valence-electron chi connectivity index (χ4n) is 3.26. The third-order valence-corrected chi connectivity index (χ3v) is 6.90. The van der Waals surface area contributed by atoms with Gasteiger partial charge >= 0.3 is 0 Å². The van der Waals surface area contributed by atoms with E-state index >= 15 is 0 Å². The van der Waals surface area contributed by atoms with Gasteiger partial charge in [0.2, 0.25) is 10.0 Å². The van der Waals surface area contributed by atoms with Crippen LogP contribution >= 0.6 is 0 Å². The van der Waals surface area contributed by atoms with Crippen molar-refractivity contribution in [3.63, 3.8) is 0 Å². The van der Waals surface area contributed by atoms with E-state index in [2.05, 4.69) is 0 Å². The van der Waals surface area contributed by atoms with Gasteiger partial charge in [0.1, 0.15) is 5.75 Å². The number of benzene rings is 2. The van der Waals surface area contributed by atoms with E-state index in [1.807, 2.05) is 30.3 Å². The number of aliphatic hydroxyl groups is 1. The minimum absolute atomic E-state index is 0.175. The monoisotopic (exact) mass is 375 g/mol. The van der Waals surface area contributed by atoms with Crippen LogP contribution in [0.1, 0.15) is 24.0 Å². The third-order valence-electron chi connectivity index (χ3n) is 4.87. The zero-order valence-electron chi connectivity index (χ0n) is 15.1. The molecule has 0 unspecified atom stereocenters. The van der Waals surface area contributed by atoms with Crippen molar-refractivity contribution in [3.8, 4) is 5.75 Å². The number of aryl methyl sites for hydroxylation is 1. The first-order valence-electron chi connectivity index (χ1n) is 8.78. The molecule has 1 aliphatic rings. The van der Waals surface area contributed by atoms with Gasteiger partial charge in [-0.3, -0.25) is 0 Å². The molecule has 0 aromatic heterocycles. The minimum atomic E-state index is -3.75. The highest BCUT2D eigenvalue weighted by atomic mass is 32.2. The summed E-state index contributed by atoms with van der Waals surface area (Å²) in [6.45, 7) is 1.84. The predicted octanol–water partition coefficient (Wildman–Crippen LogP) is 2.97. The van der Waals surface area contributed by atoms with Crippen LogP contribution in [0, 0.1) is 12.8 Å². The van der Waals surface area contributed by atoms with Crippen molar-refractivity contribution in [1.29, 1.82) is 0 Å². The van der Waals surface area contributed by atoms with Gasteiger partial charge in [-0.1, -0.05) is 30.3 Å². The molecule has 1 N–H and O–H groups in total. The zero-order valence-corrected chi connectivity index (χ0v) is 15.9. The molecule has 2 aromatic carbocycles. The Morgan fingerprint density at radius 2 is 1.88 bits per heavy atom. The second-order valence-corrected chi connectivity index (χ2v) is 8.61. The number of methoxy groups -OCH3 is 1. The summed E-state index contributed by atoms with van der Waals surface area (Å²) in [5, 5.41) is 9.92. The van der Waals surface area contributed by atoms with E-state index in [-0.39, 0.29) is 24.0 Å². The molecule has 0 radical (unpaired) electrons. The lowest BCUT2D eigenvalue weighted by molar-refractivity contribution is 0.166. The van der Waals surface area contributed by atoms with Gasteiger partial charge in [0.05, 0.1) is 24.7 Å². The van der Waals surface area contributed by atoms with Gasteiger partial charge in [-0.15, -0.1) is 0 Å². The summed E-state index contributed by atoms with van der Waals surface area (Å²) in [7, 11) is -2.20. The van der Waals surface area contributed by atoms with Crippen molar-refractivity contribution in [2.45, 2.75) is 37.2 Å². The van der Waals surface area contributed by atoms with Crippen molar-refractivity contribution >= 4 is 10.0 Å². The van der Waals surface area contributed by atoms with Gasteiger partial charge in [0.15, 0.2) is 0 Å². The highest BCUT2D eigenvalue weighted by Crippen LogP contribution is 2.38. The van der Waals surface area contributed by atoms with Crippen molar-refractivity contribution in [3.05, 3.63) is 59.7 Å². The SMILES string of the molecule is COc1ccc(S(=O)(=O)N(Cc2ccccc2)[C@H](CO)C2CC2)c(C)c1. The van der Waals surface area contributed by atoms with E-state index in [1.165, 1.54) is 4.31 Å². The lowest BCUT2D eigenvalue weighted by Crippen LogP contribution is -2.43. The van der Waals surface area contributed by atoms with E-state index in [0.29, 0.717) is 11.3 Å². The van der Waals surface area contributed by atoms with Gasteiger partial charge in [-0.25, -0.2) is 8.42 Å². The van der Waals surface area contributed by atoms with Crippen LogP contribution in [0.4, 0.5) is 0 Å². The Balaban J connectivity index is 2.01. The van der Waals surface area contributed by atoms with Crippen molar-refractivity contribution < 1.29 is 18.3 Å². The highest BCUT2D eigenvalue weighted by Gasteiger charge is 2.41. The van der Waals surface area contributed by atoms with Crippen LogP contribution in [0.2, 0.25) is 0 Å². The molecule has 0 heterocycles. The molecule has 0 spiro atoms. The molecule has 1 fully saturated rings. The first-order valence-corrected chi connectivity index (χ1v) is 10.2. The van der Waals surface area contributed by atoms with Crippen molar-refractivity contribution in [1.82, 2.24) is 4.31 Å². The Hall–Kier alpha value is -1.89. The summed E-state index contributed by atoms with van der Waals surface area (Å²) in [6, 6.07) is 14.1. The molecule has 140 valence electrons. The van der Waals surface area contributed by atoms with E-state index in [1.54, 1.807) is 32.2 Å². The Morgan fingerprint density at radius 1 is 1.19 bits per heavy atom. The van der Waals surface area contributed by atoms with Gasteiger partial charge < -0.3 is 9.84 Å². The molecule has 5 nitrogen and oxygen atoms in total. The van der Waals surface area contributed by atoms with Crippen LogP contribution in [0.3, 0.4) is 0 Å². The Morgan fingerprint density at radius 3 is 2.42 bits per heavy atom. The molecule has 2 aromatic rings. The fraction of sp³-hybridized carbons (Fsp3) is 0.400. The van der Waals surface area contributed by atoms with E-state index in [0.717, 1.165) is 18.4 Å². The summed E-state index contributed by atoms with van der Waals surface area (Å²) >= 11 is 0. The van der Waals surface area contributed by atoms with Gasteiger partial charge in [-0.05, 0) is 55.0 Å². The van der Waals surface area contributed by atoms with Crippen LogP contribution in [0.15, 0.2) is 53.4 Å². The molecule has 0 aliphatic heterocycles. The quantitative estimate of drug-likeness (QED) is 0.770. The fourth-order valence-corrected chi connectivity index (χ4v) is 5.14. The molecule has 1 saturated carbocycles. The summed E-state index contributed by atoms with van der Waals surface area (Å²) in [4.78, 5) is 0.258. The first-order chi connectivity index (χ1) is 12.5. The minimum Gasteiger partial charge on any atom is -0.497 e. The van der Waals surface area contributed by atoms with Crippen LogP contribution in [-0.2, 0) is 16.6 Å². The van der Waals surface area contributed by atoms with Crippen LogP contribution in [-0.4, -0.2) is 37.6 Å². The van der Waals surface area contributed by atoms with E-state index < -0.39 is 16.1 Å². The smallest absolute Gasteiger partial charge is 0.243 e. The number of rotatable bonds is 8. The molecular formula is C20H25NO4S. The molecule has 3 rings (SSSR count). The summed E-state index contributed by atoms with van der Waals surface area (Å²) in [5.74, 6) is 0.842. The Kier molecular flexibility index (Phi) is 5.65. The molecule has 0 amide bonds. The maximum Gasteiger partial charge on any atom is 0.243 e. The number of hydrogen-bond donors (Lipinski definition) is 1. The number of hydrogen-bond acceptors (Lipinski definition) is 4. The summed E-state index contributed by atoms with van der Waals surface area (Å²) in [5.41, 5.74) is 1.54. The lowest BCUT2D eigenvalue weighted by atomic mass is 10.1. The van der Waals surface area contributed by atoms with Crippen LogP contribution in [0.5, 0.6) is 5.75 Å². The number of nitrogens with zero attached hydrogens (tertiary/aromatic N) is 1. The maximum absolute atomic E-state index is 13.5. The number of aliphatic hydroxyl groups excluding tert-OH is 1. The predicted molar refractivity (Wildman–Crippen MR) is 100 cm³/mol. The Labute approximate surface area is 155 Å². The second kappa shape index (κ2) is 7.78. The molecular weight excluding hydrogens is 350 g/mol. The largest absolute Gasteiger partial charge is 0.497 e. The molecule has 0 bridgehead atoms. The molecule has 26 heavy (non-hydrogen) atoms. The van der Waals surface area contributed by atoms with E-state index in [9.17, 15) is 13.5 Å². The molecule has 6 heteroatoms. The van der Waals surface area contributed by atoms with Gasteiger partial charge in [-0.2, -0.15) is 4.31 Å². The average Bonchev–Trinajstić information content (AvgIpc) is 3.47. The first kappa shape index (κ1) is 18.9. The summed E-state index contributed by atoms with van der Waals surface area (Å²) < 4.78 is 33.6. The van der Waals surface area contributed by atoms with E-state index in [4.69, 9.17) is 4.74 Å². The van der Waals surface area contributed by atoms with Gasteiger partial charge in [0.25, 0.3) is 0 Å². The third kappa shape index (κ3) is 3.92. The second-order valence-electron chi connectivity index (χ2n) is 6.75. The summed E-state index contributed by atoms with van der Waals surface area (Å²) in [6.07, 6.45) is 1.90. The average molecular weight is 375 g/mol. The zero-order chi connectivity index (χ0) is 18.7. The van der Waals surface area contributed by atoms with Crippen molar-refractivity contribution in [2.24, 2.45) is 5.92 Å². The van der Waals surface area contributed by atoms with Crippen molar-refractivity contribution in [2.75, 3.05) is 13.7 Å². The number of sulfonamides is 1. The van der Waals surface area contributed by atoms with Crippen LogP contribution < -0.4 is 4.74 Å². The number of ether oxygens (including phenoxy) is 1. The molecule has 1 atom stereocenters. The van der Waals surface area contributed by atoms with Crippen LogP contribution in [0.25, 0.3) is 0 Å². The highest BCUT2D eigenvalue weighted by molar-refractivity contribution is 7.89. The van der Waals surface area contributed by atoms with Gasteiger partial charge in [0, 0.05) is 6.54 Å². The molecule has 0 saturated heterocycles. The topological polar surface area (TPSA) is 66.8 Å². The maximum atomic E-state index is 13.5. The molecule has 1 aliphatic carbocycles.